The van der Waals surface area contributed by atoms with Crippen LogP contribution in [0.1, 0.15) is 68.6 Å². The van der Waals surface area contributed by atoms with E-state index in [2.05, 4.69) is 16.0 Å². The molecular weight excluding hydrogens is 568 g/mol. The van der Waals surface area contributed by atoms with Crippen LogP contribution < -0.4 is 16.0 Å². The number of nitrogens with one attached hydrogen (secondary N) is 3. The zero-order valence-corrected chi connectivity index (χ0v) is 24.1. The van der Waals surface area contributed by atoms with E-state index in [4.69, 9.17) is 16.3 Å². The summed E-state index contributed by atoms with van der Waals surface area (Å²) in [6.07, 6.45) is 2.83. The van der Waals surface area contributed by atoms with Gasteiger partial charge in [-0.25, -0.2) is 4.79 Å². The summed E-state index contributed by atoms with van der Waals surface area (Å²) >= 11 is 5.98. The molecule has 2 aromatic rings. The molecule has 2 fully saturated rings. The summed E-state index contributed by atoms with van der Waals surface area (Å²) in [4.78, 5) is 38.7. The highest BCUT2D eigenvalue weighted by Crippen LogP contribution is 2.43. The molecule has 0 aromatic heterocycles. The van der Waals surface area contributed by atoms with Gasteiger partial charge < -0.3 is 25.8 Å². The Kier molecular flexibility index (Phi) is 11.2. The van der Waals surface area contributed by atoms with E-state index in [-0.39, 0.29) is 34.7 Å². The van der Waals surface area contributed by atoms with Crippen LogP contribution >= 0.6 is 11.6 Å². The smallest absolute Gasteiger partial charge is 0.408 e. The van der Waals surface area contributed by atoms with E-state index in [9.17, 15) is 19.5 Å². The molecule has 0 radical (unpaired) electrons. The number of rotatable bonds is 12. The quantitative estimate of drug-likeness (QED) is 0.264. The topological polar surface area (TPSA) is 117 Å². The number of hydrogen-bond acceptors (Lipinski definition) is 5. The van der Waals surface area contributed by atoms with Crippen LogP contribution in [0.2, 0.25) is 5.02 Å². The fraction of sp³-hybridized carbons (Fsp3) is 0.516. The van der Waals surface area contributed by atoms with E-state index in [1.807, 2.05) is 0 Å². The lowest BCUT2D eigenvalue weighted by Gasteiger charge is -2.30. The highest BCUT2D eigenvalue weighted by Gasteiger charge is 2.46. The number of hydrogen-bond donors (Lipinski definition) is 4. The minimum atomic E-state index is -3.64. The van der Waals surface area contributed by atoms with Crippen LogP contribution in [0.5, 0.6) is 0 Å². The molecule has 0 unspecified atom stereocenters. The standard InChI is InChI=1S/C31H38ClF2N3O5/c32-24-13-7-12-23(18-24)31(33,34)27(21-10-5-2-6-11-21)42-30(41)37-26(16-20-8-3-1-4-9-20)29(40)36-25(19-38)17-22-14-15-35-28(22)39/h2,5-7,10-13,18,20,22,25-27,38H,1,3-4,8-9,14-17,19H2,(H,35,39)(H,36,40)(H,37,41)/t22-,25-,26-,27+/m0/s1. The lowest BCUT2D eigenvalue weighted by molar-refractivity contribution is -0.128. The monoisotopic (exact) mass is 605 g/mol. The first-order valence-electron chi connectivity index (χ1n) is 14.5. The molecule has 0 spiro atoms. The average Bonchev–Trinajstić information content (AvgIpc) is 3.39. The Bertz CT molecular complexity index is 1210. The third-order valence-corrected chi connectivity index (χ3v) is 8.30. The van der Waals surface area contributed by atoms with Crippen molar-refractivity contribution in [2.75, 3.05) is 13.2 Å². The largest absolute Gasteiger partial charge is 0.434 e. The molecule has 2 aromatic carbocycles. The molecule has 4 atom stereocenters. The highest BCUT2D eigenvalue weighted by molar-refractivity contribution is 6.30. The molecule has 8 nitrogen and oxygen atoms in total. The molecule has 3 amide bonds. The Morgan fingerprint density at radius 3 is 2.40 bits per heavy atom. The van der Waals surface area contributed by atoms with Crippen molar-refractivity contribution < 1.29 is 33.0 Å². The van der Waals surface area contributed by atoms with Gasteiger partial charge in [0.15, 0.2) is 6.10 Å². The molecule has 1 saturated carbocycles. The molecule has 1 heterocycles. The van der Waals surface area contributed by atoms with E-state index in [1.54, 1.807) is 18.2 Å². The van der Waals surface area contributed by atoms with Gasteiger partial charge in [0.1, 0.15) is 6.04 Å². The minimum absolute atomic E-state index is 0.0705. The summed E-state index contributed by atoms with van der Waals surface area (Å²) in [6, 6.07) is 11.1. The predicted molar refractivity (Wildman–Crippen MR) is 154 cm³/mol. The molecule has 4 rings (SSSR count). The van der Waals surface area contributed by atoms with Crippen molar-refractivity contribution in [3.8, 4) is 0 Å². The molecule has 11 heteroatoms. The fourth-order valence-corrected chi connectivity index (χ4v) is 5.98. The normalized spacial score (nSPS) is 19.8. The van der Waals surface area contributed by atoms with Crippen molar-refractivity contribution in [2.24, 2.45) is 11.8 Å². The minimum Gasteiger partial charge on any atom is -0.434 e. The summed E-state index contributed by atoms with van der Waals surface area (Å²) in [5.41, 5.74) is -0.351. The summed E-state index contributed by atoms with van der Waals surface area (Å²) in [5.74, 6) is -4.52. The number of alkyl halides is 2. The van der Waals surface area contributed by atoms with E-state index >= 15 is 8.78 Å². The summed E-state index contributed by atoms with van der Waals surface area (Å²) in [6.45, 7) is 0.147. The molecule has 42 heavy (non-hydrogen) atoms. The molecule has 1 aliphatic heterocycles. The number of ether oxygens (including phenoxy) is 1. The maximum absolute atomic E-state index is 15.9. The van der Waals surface area contributed by atoms with Crippen molar-refractivity contribution in [2.45, 2.75) is 75.5 Å². The van der Waals surface area contributed by atoms with Gasteiger partial charge in [0.05, 0.1) is 12.6 Å². The Balaban J connectivity index is 1.52. The number of benzene rings is 2. The first-order valence-corrected chi connectivity index (χ1v) is 14.9. The van der Waals surface area contributed by atoms with Crippen molar-refractivity contribution in [3.05, 3.63) is 70.7 Å². The Morgan fingerprint density at radius 2 is 1.76 bits per heavy atom. The lowest BCUT2D eigenvalue weighted by Crippen LogP contribution is -2.52. The van der Waals surface area contributed by atoms with Crippen LogP contribution in [-0.2, 0) is 20.2 Å². The van der Waals surface area contributed by atoms with Crippen molar-refractivity contribution in [1.82, 2.24) is 16.0 Å². The molecule has 0 bridgehead atoms. The van der Waals surface area contributed by atoms with Crippen molar-refractivity contribution in [1.29, 1.82) is 0 Å². The molecule has 1 aliphatic carbocycles. The van der Waals surface area contributed by atoms with Crippen LogP contribution in [0.25, 0.3) is 0 Å². The van der Waals surface area contributed by atoms with Gasteiger partial charge >= 0.3 is 12.0 Å². The van der Waals surface area contributed by atoms with Crippen LogP contribution in [-0.4, -0.2) is 48.2 Å². The summed E-state index contributed by atoms with van der Waals surface area (Å²) in [5, 5.41) is 18.1. The first-order chi connectivity index (χ1) is 20.2. The van der Waals surface area contributed by atoms with Gasteiger partial charge in [-0.1, -0.05) is 86.2 Å². The molecule has 2 aliphatic rings. The predicted octanol–water partition coefficient (Wildman–Crippen LogP) is 5.24. The number of aliphatic hydroxyl groups is 1. The van der Waals surface area contributed by atoms with E-state index in [1.165, 1.54) is 30.3 Å². The van der Waals surface area contributed by atoms with Crippen LogP contribution in [0, 0.1) is 11.8 Å². The van der Waals surface area contributed by atoms with Gasteiger partial charge in [0.2, 0.25) is 11.8 Å². The third-order valence-electron chi connectivity index (χ3n) is 8.07. The fourth-order valence-electron chi connectivity index (χ4n) is 5.79. The number of carbonyl (C=O) groups is 3. The van der Waals surface area contributed by atoms with Gasteiger partial charge in [-0.2, -0.15) is 8.78 Å². The van der Waals surface area contributed by atoms with E-state index in [0.717, 1.165) is 38.2 Å². The Labute approximate surface area is 249 Å². The van der Waals surface area contributed by atoms with Crippen LogP contribution in [0.15, 0.2) is 54.6 Å². The number of aliphatic hydroxyl groups excluding tert-OH is 1. The number of amides is 3. The maximum Gasteiger partial charge on any atom is 0.408 e. The van der Waals surface area contributed by atoms with Crippen LogP contribution in [0.4, 0.5) is 13.6 Å². The number of carbonyl (C=O) groups excluding carboxylic acids is 3. The zero-order chi connectivity index (χ0) is 30.1. The molecular formula is C31H38ClF2N3O5. The summed E-state index contributed by atoms with van der Waals surface area (Å²) < 4.78 is 37.1. The average molecular weight is 606 g/mol. The van der Waals surface area contributed by atoms with Crippen LogP contribution in [0.3, 0.4) is 0 Å². The van der Waals surface area contributed by atoms with E-state index < -0.39 is 48.3 Å². The van der Waals surface area contributed by atoms with Crippen molar-refractivity contribution >= 4 is 29.5 Å². The van der Waals surface area contributed by atoms with Gasteiger partial charge in [-0.05, 0) is 42.9 Å². The zero-order valence-electron chi connectivity index (χ0n) is 23.4. The van der Waals surface area contributed by atoms with Crippen molar-refractivity contribution in [3.63, 3.8) is 0 Å². The Hall–Kier alpha value is -3.24. The SMILES string of the molecule is O=C(N[C@@H](CC1CCCCC1)C(=O)N[C@H](CO)C[C@@H]1CCNC1=O)O[C@H](c1ccccc1)C(F)(F)c1cccc(Cl)c1. The molecule has 4 N–H and O–H groups in total. The maximum atomic E-state index is 15.9. The Morgan fingerprint density at radius 1 is 1.02 bits per heavy atom. The molecule has 228 valence electrons. The molecule has 1 saturated heterocycles. The third kappa shape index (κ3) is 8.41. The highest BCUT2D eigenvalue weighted by atomic mass is 35.5. The first kappa shape index (κ1) is 31.7. The second kappa shape index (κ2) is 14.8. The van der Waals surface area contributed by atoms with Gasteiger partial charge in [-0.3, -0.25) is 9.59 Å². The number of halogens is 3. The number of alkyl carbamates (subject to hydrolysis) is 1. The van der Waals surface area contributed by atoms with E-state index in [0.29, 0.717) is 19.4 Å². The summed E-state index contributed by atoms with van der Waals surface area (Å²) in [7, 11) is 0. The second-order valence-electron chi connectivity index (χ2n) is 11.2. The lowest BCUT2D eigenvalue weighted by atomic mass is 9.84. The van der Waals surface area contributed by atoms with Gasteiger partial charge in [0.25, 0.3) is 0 Å². The van der Waals surface area contributed by atoms with Gasteiger partial charge in [0, 0.05) is 23.0 Å². The van der Waals surface area contributed by atoms with Gasteiger partial charge in [-0.15, -0.1) is 0 Å². The second-order valence-corrected chi connectivity index (χ2v) is 11.6.